The Labute approximate surface area is 189 Å². The number of amides is 2. The van der Waals surface area contributed by atoms with Gasteiger partial charge in [-0.2, -0.15) is 0 Å². The number of nitrogens with one attached hydrogen (secondary N) is 1. The predicted octanol–water partition coefficient (Wildman–Crippen LogP) is 3.61. The number of carbonyl (C=O) groups excluding carboxylic acids is 2. The third kappa shape index (κ3) is 8.06. The summed E-state index contributed by atoms with van der Waals surface area (Å²) in [7, 11) is 0. The van der Waals surface area contributed by atoms with E-state index in [2.05, 4.69) is 5.32 Å². The molecule has 32 heavy (non-hydrogen) atoms. The first kappa shape index (κ1) is 24.9. The fourth-order valence-electron chi connectivity index (χ4n) is 3.61. The SMILES string of the molecule is CC(=O)NC(CCCCCOc1cccc(C)c1-c1cccc(CCC(=O)O)c1)C(N)=O. The standard InChI is InChI=1S/C25H32N2O5/c1-17-8-6-12-22(24(17)20-10-7-9-19(16-20)13-14-23(29)30)32-15-5-3-4-11-21(25(26)31)27-18(2)28/h6-10,12,16,21H,3-5,11,13-15H2,1-2H3,(H2,26,31)(H,27,28)(H,29,30). The summed E-state index contributed by atoms with van der Waals surface area (Å²) in [5, 5.41) is 11.5. The zero-order valence-electron chi connectivity index (χ0n) is 18.7. The van der Waals surface area contributed by atoms with E-state index in [1.807, 2.05) is 49.4 Å². The van der Waals surface area contributed by atoms with Gasteiger partial charge in [-0.05, 0) is 55.4 Å². The minimum absolute atomic E-state index is 0.0964. The van der Waals surface area contributed by atoms with Crippen LogP contribution < -0.4 is 15.8 Å². The van der Waals surface area contributed by atoms with Crippen molar-refractivity contribution in [1.29, 1.82) is 0 Å². The van der Waals surface area contributed by atoms with Gasteiger partial charge in [-0.15, -0.1) is 0 Å². The van der Waals surface area contributed by atoms with Crippen LogP contribution in [0.2, 0.25) is 0 Å². The molecule has 172 valence electrons. The van der Waals surface area contributed by atoms with E-state index in [-0.39, 0.29) is 12.3 Å². The highest BCUT2D eigenvalue weighted by molar-refractivity contribution is 5.85. The molecular formula is C25H32N2O5. The van der Waals surface area contributed by atoms with E-state index < -0.39 is 17.9 Å². The molecule has 2 aromatic rings. The highest BCUT2D eigenvalue weighted by Crippen LogP contribution is 2.34. The van der Waals surface area contributed by atoms with E-state index in [1.165, 1.54) is 6.92 Å². The number of aryl methyl sites for hydroxylation is 2. The molecule has 0 spiro atoms. The molecule has 0 aliphatic rings. The minimum atomic E-state index is -0.811. The summed E-state index contributed by atoms with van der Waals surface area (Å²) in [5.41, 5.74) is 9.38. The molecule has 4 N–H and O–H groups in total. The molecule has 0 aliphatic carbocycles. The van der Waals surface area contributed by atoms with Crippen LogP contribution in [0.25, 0.3) is 11.1 Å². The van der Waals surface area contributed by atoms with Crippen LogP contribution in [-0.2, 0) is 20.8 Å². The molecule has 2 aromatic carbocycles. The number of aliphatic carboxylic acids is 1. The summed E-state index contributed by atoms with van der Waals surface area (Å²) >= 11 is 0. The van der Waals surface area contributed by atoms with Gasteiger partial charge in [0.1, 0.15) is 11.8 Å². The second-order valence-electron chi connectivity index (χ2n) is 7.90. The van der Waals surface area contributed by atoms with Crippen molar-refractivity contribution in [3.05, 3.63) is 53.6 Å². The van der Waals surface area contributed by atoms with Crippen molar-refractivity contribution in [2.45, 2.75) is 58.4 Å². The normalized spacial score (nSPS) is 11.6. The van der Waals surface area contributed by atoms with Crippen molar-refractivity contribution in [3.8, 4) is 16.9 Å². The van der Waals surface area contributed by atoms with Gasteiger partial charge in [0.25, 0.3) is 0 Å². The average molecular weight is 441 g/mol. The number of carbonyl (C=O) groups is 3. The highest BCUT2D eigenvalue weighted by atomic mass is 16.5. The number of rotatable bonds is 13. The average Bonchev–Trinajstić information content (AvgIpc) is 2.73. The number of primary amides is 1. The van der Waals surface area contributed by atoms with Crippen molar-refractivity contribution in [2.24, 2.45) is 5.73 Å². The maximum Gasteiger partial charge on any atom is 0.303 e. The lowest BCUT2D eigenvalue weighted by Gasteiger charge is -2.16. The number of carboxylic acid groups (broad SMARTS) is 1. The molecule has 0 saturated heterocycles. The molecule has 7 nitrogen and oxygen atoms in total. The van der Waals surface area contributed by atoms with Crippen molar-refractivity contribution < 1.29 is 24.2 Å². The Balaban J connectivity index is 1.95. The van der Waals surface area contributed by atoms with E-state index in [4.69, 9.17) is 15.6 Å². The molecule has 0 aliphatic heterocycles. The van der Waals surface area contributed by atoms with Crippen LogP contribution in [-0.4, -0.2) is 35.5 Å². The van der Waals surface area contributed by atoms with Crippen LogP contribution in [0.1, 0.15) is 50.2 Å². The zero-order chi connectivity index (χ0) is 23.5. The van der Waals surface area contributed by atoms with E-state index in [9.17, 15) is 14.4 Å². The third-order valence-electron chi connectivity index (χ3n) is 5.19. The van der Waals surface area contributed by atoms with E-state index in [1.54, 1.807) is 0 Å². The van der Waals surface area contributed by atoms with Crippen LogP contribution >= 0.6 is 0 Å². The van der Waals surface area contributed by atoms with E-state index in [0.717, 1.165) is 47.3 Å². The van der Waals surface area contributed by atoms with Gasteiger partial charge in [0.05, 0.1) is 6.61 Å². The monoisotopic (exact) mass is 440 g/mol. The second kappa shape index (κ2) is 12.5. The molecule has 1 unspecified atom stereocenters. The quantitative estimate of drug-likeness (QED) is 0.411. The molecule has 0 aromatic heterocycles. The Morgan fingerprint density at radius 2 is 1.84 bits per heavy atom. The van der Waals surface area contributed by atoms with Crippen molar-refractivity contribution >= 4 is 17.8 Å². The lowest BCUT2D eigenvalue weighted by atomic mass is 9.96. The van der Waals surface area contributed by atoms with Gasteiger partial charge in [0, 0.05) is 18.9 Å². The van der Waals surface area contributed by atoms with Crippen LogP contribution in [0.15, 0.2) is 42.5 Å². The highest BCUT2D eigenvalue weighted by Gasteiger charge is 2.15. The molecule has 7 heteroatoms. The largest absolute Gasteiger partial charge is 0.493 e. The second-order valence-corrected chi connectivity index (χ2v) is 7.90. The summed E-state index contributed by atoms with van der Waals surface area (Å²) < 4.78 is 6.07. The smallest absolute Gasteiger partial charge is 0.303 e. The van der Waals surface area contributed by atoms with Crippen LogP contribution in [0.3, 0.4) is 0 Å². The molecule has 1 atom stereocenters. The van der Waals surface area contributed by atoms with Gasteiger partial charge in [0.2, 0.25) is 11.8 Å². The Morgan fingerprint density at radius 3 is 2.53 bits per heavy atom. The zero-order valence-corrected chi connectivity index (χ0v) is 18.7. The maximum absolute atomic E-state index is 11.4. The van der Waals surface area contributed by atoms with Crippen molar-refractivity contribution in [2.75, 3.05) is 6.61 Å². The van der Waals surface area contributed by atoms with E-state index in [0.29, 0.717) is 19.4 Å². The first-order valence-electron chi connectivity index (χ1n) is 10.9. The molecule has 2 rings (SSSR count). The molecule has 0 radical (unpaired) electrons. The van der Waals surface area contributed by atoms with Gasteiger partial charge in [0.15, 0.2) is 0 Å². The van der Waals surface area contributed by atoms with Gasteiger partial charge >= 0.3 is 5.97 Å². The number of ether oxygens (including phenoxy) is 1. The molecule has 2 amide bonds. The van der Waals surface area contributed by atoms with Crippen molar-refractivity contribution in [3.63, 3.8) is 0 Å². The number of carboxylic acids is 1. The summed E-state index contributed by atoms with van der Waals surface area (Å²) in [6.45, 7) is 3.92. The topological polar surface area (TPSA) is 119 Å². The fourth-order valence-corrected chi connectivity index (χ4v) is 3.61. The van der Waals surface area contributed by atoms with Gasteiger partial charge < -0.3 is 20.9 Å². The van der Waals surface area contributed by atoms with Gasteiger partial charge in [-0.3, -0.25) is 14.4 Å². The maximum atomic E-state index is 11.4. The molecular weight excluding hydrogens is 408 g/mol. The first-order valence-corrected chi connectivity index (χ1v) is 10.9. The lowest BCUT2D eigenvalue weighted by molar-refractivity contribution is -0.137. The Hall–Kier alpha value is -3.35. The number of nitrogens with two attached hydrogens (primary N) is 1. The predicted molar refractivity (Wildman–Crippen MR) is 123 cm³/mol. The van der Waals surface area contributed by atoms with Crippen LogP contribution in [0, 0.1) is 6.92 Å². The Morgan fingerprint density at radius 1 is 1.09 bits per heavy atom. The molecule has 0 bridgehead atoms. The van der Waals surface area contributed by atoms with Crippen LogP contribution in [0.5, 0.6) is 5.75 Å². The minimum Gasteiger partial charge on any atom is -0.493 e. The Bertz CT molecular complexity index is 942. The Kier molecular flexibility index (Phi) is 9.73. The number of hydrogen-bond acceptors (Lipinski definition) is 4. The van der Waals surface area contributed by atoms with Crippen molar-refractivity contribution in [1.82, 2.24) is 5.32 Å². The summed E-state index contributed by atoms with van der Waals surface area (Å²) in [6.07, 6.45) is 3.49. The summed E-state index contributed by atoms with van der Waals surface area (Å²) in [4.78, 5) is 33.4. The molecule has 0 heterocycles. The number of hydrogen-bond donors (Lipinski definition) is 3. The first-order chi connectivity index (χ1) is 15.3. The molecule has 0 fully saturated rings. The van der Waals surface area contributed by atoms with E-state index >= 15 is 0 Å². The summed E-state index contributed by atoms with van der Waals surface area (Å²) in [5.74, 6) is -0.814. The third-order valence-corrected chi connectivity index (χ3v) is 5.19. The van der Waals surface area contributed by atoms with Gasteiger partial charge in [-0.1, -0.05) is 42.8 Å². The number of benzene rings is 2. The summed E-state index contributed by atoms with van der Waals surface area (Å²) in [6, 6.07) is 13.2. The van der Waals surface area contributed by atoms with Gasteiger partial charge in [-0.25, -0.2) is 0 Å². The fraction of sp³-hybridized carbons (Fsp3) is 0.400. The molecule has 0 saturated carbocycles. The van der Waals surface area contributed by atoms with Crippen LogP contribution in [0.4, 0.5) is 0 Å². The number of unbranched alkanes of at least 4 members (excludes halogenated alkanes) is 2. The lowest BCUT2D eigenvalue weighted by Crippen LogP contribution is -2.43.